The molecule has 1 fully saturated rings. The van der Waals surface area contributed by atoms with Crippen LogP contribution in [0.1, 0.15) is 46.0 Å². The van der Waals surface area contributed by atoms with Crippen LogP contribution in [0.5, 0.6) is 0 Å². The number of rotatable bonds is 3. The van der Waals surface area contributed by atoms with Gasteiger partial charge in [0.05, 0.1) is 0 Å². The van der Waals surface area contributed by atoms with Crippen molar-refractivity contribution in [1.29, 1.82) is 0 Å². The van der Waals surface area contributed by atoms with Crippen LogP contribution in [0.15, 0.2) is 0 Å². The van der Waals surface area contributed by atoms with E-state index in [-0.39, 0.29) is 0 Å². The lowest BCUT2D eigenvalue weighted by atomic mass is 9.95. The summed E-state index contributed by atoms with van der Waals surface area (Å²) in [4.78, 5) is 0. The number of nitrogens with one attached hydrogen (secondary N) is 1. The van der Waals surface area contributed by atoms with E-state index >= 15 is 0 Å². The molecule has 1 aliphatic carbocycles. The molecule has 1 nitrogen and oxygen atoms in total. The SMILES string of the molecule is CC(C)(I)CNC1CCCCC1. The molecule has 0 aliphatic heterocycles. The van der Waals surface area contributed by atoms with Gasteiger partial charge in [0.15, 0.2) is 0 Å². The molecule has 12 heavy (non-hydrogen) atoms. The zero-order valence-corrected chi connectivity index (χ0v) is 10.4. The van der Waals surface area contributed by atoms with Gasteiger partial charge in [-0.2, -0.15) is 0 Å². The molecule has 0 aromatic carbocycles. The maximum Gasteiger partial charge on any atom is 0.0290 e. The lowest BCUT2D eigenvalue weighted by Crippen LogP contribution is -2.38. The molecule has 1 rings (SSSR count). The summed E-state index contributed by atoms with van der Waals surface area (Å²) in [6.07, 6.45) is 7.10. The Morgan fingerprint density at radius 2 is 1.83 bits per heavy atom. The zero-order valence-electron chi connectivity index (χ0n) is 8.20. The summed E-state index contributed by atoms with van der Waals surface area (Å²) in [5.41, 5.74) is 0. The molecule has 1 saturated carbocycles. The molecule has 1 N–H and O–H groups in total. The predicted molar refractivity (Wildman–Crippen MR) is 63.0 cm³/mol. The van der Waals surface area contributed by atoms with E-state index in [4.69, 9.17) is 0 Å². The third kappa shape index (κ3) is 4.65. The minimum atomic E-state index is 0.412. The highest BCUT2D eigenvalue weighted by molar-refractivity contribution is 14.1. The Kier molecular flexibility index (Phi) is 4.30. The Hall–Kier alpha value is 0.690. The van der Waals surface area contributed by atoms with Crippen LogP contribution in [0.2, 0.25) is 0 Å². The van der Waals surface area contributed by atoms with E-state index < -0.39 is 0 Å². The van der Waals surface area contributed by atoms with Crippen LogP contribution in [0.25, 0.3) is 0 Å². The summed E-state index contributed by atoms with van der Waals surface area (Å²) in [6.45, 7) is 5.71. The minimum Gasteiger partial charge on any atom is -0.313 e. The molecule has 72 valence electrons. The highest BCUT2D eigenvalue weighted by atomic mass is 127. The van der Waals surface area contributed by atoms with Crippen molar-refractivity contribution in [3.8, 4) is 0 Å². The first-order valence-corrected chi connectivity index (χ1v) is 6.08. The molecule has 0 unspecified atom stereocenters. The molecule has 1 aliphatic rings. The topological polar surface area (TPSA) is 12.0 Å². The Bertz CT molecular complexity index is 122. The number of halogens is 1. The minimum absolute atomic E-state index is 0.412. The highest BCUT2D eigenvalue weighted by Gasteiger charge is 2.17. The zero-order chi connectivity index (χ0) is 9.03. The van der Waals surface area contributed by atoms with Crippen molar-refractivity contribution < 1.29 is 0 Å². The summed E-state index contributed by atoms with van der Waals surface area (Å²) in [5, 5.41) is 3.65. The van der Waals surface area contributed by atoms with Crippen molar-refractivity contribution in [2.24, 2.45) is 0 Å². The van der Waals surface area contributed by atoms with Crippen molar-refractivity contribution in [2.75, 3.05) is 6.54 Å². The summed E-state index contributed by atoms with van der Waals surface area (Å²) >= 11 is 2.51. The van der Waals surface area contributed by atoms with Gasteiger partial charge in [-0.3, -0.25) is 0 Å². The fourth-order valence-corrected chi connectivity index (χ4v) is 1.91. The lowest BCUT2D eigenvalue weighted by molar-refractivity contribution is 0.367. The van der Waals surface area contributed by atoms with E-state index in [1.807, 2.05) is 0 Å². The maximum atomic E-state index is 3.65. The van der Waals surface area contributed by atoms with Gasteiger partial charge in [0.25, 0.3) is 0 Å². The third-order valence-corrected chi connectivity index (χ3v) is 2.80. The highest BCUT2D eigenvalue weighted by Crippen LogP contribution is 2.20. The molecule has 0 heterocycles. The lowest BCUT2D eigenvalue weighted by Gasteiger charge is -2.26. The normalized spacial score (nSPS) is 21.2. The fourth-order valence-electron chi connectivity index (χ4n) is 1.69. The van der Waals surface area contributed by atoms with Crippen molar-refractivity contribution in [3.63, 3.8) is 0 Å². The second kappa shape index (κ2) is 4.80. The van der Waals surface area contributed by atoms with E-state index in [2.05, 4.69) is 41.8 Å². The Morgan fingerprint density at radius 3 is 2.33 bits per heavy atom. The first-order valence-electron chi connectivity index (χ1n) is 5.00. The number of hydrogen-bond donors (Lipinski definition) is 1. The molecule has 0 aromatic rings. The van der Waals surface area contributed by atoms with Gasteiger partial charge in [0.1, 0.15) is 0 Å². The van der Waals surface area contributed by atoms with Crippen LogP contribution in [0.4, 0.5) is 0 Å². The van der Waals surface area contributed by atoms with Crippen molar-refractivity contribution in [1.82, 2.24) is 5.32 Å². The van der Waals surface area contributed by atoms with Gasteiger partial charge in [-0.1, -0.05) is 41.9 Å². The molecule has 2 heteroatoms. The van der Waals surface area contributed by atoms with Gasteiger partial charge in [-0.15, -0.1) is 0 Å². The average Bonchev–Trinajstić information content (AvgIpc) is 2.02. The Labute approximate surface area is 89.8 Å². The summed E-state index contributed by atoms with van der Waals surface area (Å²) in [7, 11) is 0. The molecule has 0 bridgehead atoms. The molecular formula is C10H20IN. The van der Waals surface area contributed by atoms with E-state index in [0.717, 1.165) is 12.6 Å². The third-order valence-electron chi connectivity index (χ3n) is 2.42. The quantitative estimate of drug-likeness (QED) is 0.619. The maximum absolute atomic E-state index is 3.65. The van der Waals surface area contributed by atoms with Crippen LogP contribution < -0.4 is 5.32 Å². The van der Waals surface area contributed by atoms with Crippen LogP contribution in [-0.4, -0.2) is 16.0 Å². The Morgan fingerprint density at radius 1 is 1.25 bits per heavy atom. The van der Waals surface area contributed by atoms with E-state index in [1.165, 1.54) is 32.1 Å². The van der Waals surface area contributed by atoms with Crippen LogP contribution in [0, 0.1) is 0 Å². The van der Waals surface area contributed by atoms with Gasteiger partial charge in [0.2, 0.25) is 0 Å². The van der Waals surface area contributed by atoms with Gasteiger partial charge in [-0.25, -0.2) is 0 Å². The molecule has 0 atom stereocenters. The molecule has 0 aromatic heterocycles. The second-order valence-electron chi connectivity index (χ2n) is 4.43. The van der Waals surface area contributed by atoms with Crippen molar-refractivity contribution in [2.45, 2.75) is 55.4 Å². The average molecular weight is 281 g/mol. The molecule has 0 spiro atoms. The molecular weight excluding hydrogens is 261 g/mol. The molecule has 0 amide bonds. The number of alkyl halides is 1. The van der Waals surface area contributed by atoms with E-state index in [1.54, 1.807) is 0 Å². The predicted octanol–water partition coefficient (Wildman–Crippen LogP) is 3.12. The van der Waals surface area contributed by atoms with Gasteiger partial charge >= 0.3 is 0 Å². The molecule has 0 radical (unpaired) electrons. The summed E-state index contributed by atoms with van der Waals surface area (Å²) in [5.74, 6) is 0. The fraction of sp³-hybridized carbons (Fsp3) is 1.00. The largest absolute Gasteiger partial charge is 0.313 e. The molecule has 0 saturated heterocycles. The van der Waals surface area contributed by atoms with Gasteiger partial charge in [-0.05, 0) is 26.7 Å². The first kappa shape index (κ1) is 10.8. The standard InChI is InChI=1S/C10H20IN/c1-10(2,11)8-12-9-6-4-3-5-7-9/h9,12H,3-8H2,1-2H3. The van der Waals surface area contributed by atoms with E-state index in [9.17, 15) is 0 Å². The van der Waals surface area contributed by atoms with Crippen LogP contribution in [-0.2, 0) is 0 Å². The number of hydrogen-bond acceptors (Lipinski definition) is 1. The van der Waals surface area contributed by atoms with Crippen molar-refractivity contribution in [3.05, 3.63) is 0 Å². The van der Waals surface area contributed by atoms with Crippen LogP contribution in [0.3, 0.4) is 0 Å². The van der Waals surface area contributed by atoms with Crippen molar-refractivity contribution >= 4 is 22.6 Å². The second-order valence-corrected chi connectivity index (χ2v) is 7.35. The summed E-state index contributed by atoms with van der Waals surface area (Å²) < 4.78 is 0.412. The van der Waals surface area contributed by atoms with Gasteiger partial charge in [0, 0.05) is 16.0 Å². The van der Waals surface area contributed by atoms with Gasteiger partial charge < -0.3 is 5.32 Å². The van der Waals surface area contributed by atoms with E-state index in [0.29, 0.717) is 3.42 Å². The smallest absolute Gasteiger partial charge is 0.0290 e. The first-order chi connectivity index (χ1) is 5.58. The Balaban J connectivity index is 2.13. The van der Waals surface area contributed by atoms with Crippen LogP contribution >= 0.6 is 22.6 Å². The monoisotopic (exact) mass is 281 g/mol. The summed E-state index contributed by atoms with van der Waals surface area (Å²) in [6, 6.07) is 0.813.